The summed E-state index contributed by atoms with van der Waals surface area (Å²) in [5.74, 6) is 0. The van der Waals surface area contributed by atoms with Gasteiger partial charge in [-0.15, -0.1) is 0 Å². The summed E-state index contributed by atoms with van der Waals surface area (Å²) in [6.07, 6.45) is 4.38. The van der Waals surface area contributed by atoms with Gasteiger partial charge >= 0.3 is 0 Å². The van der Waals surface area contributed by atoms with Gasteiger partial charge in [0.05, 0.1) is 0 Å². The van der Waals surface area contributed by atoms with E-state index >= 15 is 0 Å². The molecule has 3 rings (SSSR count). The van der Waals surface area contributed by atoms with E-state index in [0.717, 1.165) is 17.8 Å². The van der Waals surface area contributed by atoms with E-state index in [1.165, 1.54) is 16.7 Å². The third-order valence-corrected chi connectivity index (χ3v) is 3.11. The molecule has 18 heavy (non-hydrogen) atoms. The normalized spacial score (nSPS) is 10.9. The lowest BCUT2D eigenvalue weighted by molar-refractivity contribution is 0.953. The Morgan fingerprint density at radius 1 is 1.22 bits per heavy atom. The zero-order valence-electron chi connectivity index (χ0n) is 10.2. The summed E-state index contributed by atoms with van der Waals surface area (Å²) >= 11 is 0. The number of hydrogen-bond donors (Lipinski definition) is 1. The van der Waals surface area contributed by atoms with Gasteiger partial charge in [0, 0.05) is 11.9 Å². The molecule has 0 spiro atoms. The first-order valence-corrected chi connectivity index (χ1v) is 5.85. The largest absolute Gasteiger partial charge is 0.399 e. The van der Waals surface area contributed by atoms with Crippen LogP contribution in [0.2, 0.25) is 0 Å². The van der Waals surface area contributed by atoms with Crippen LogP contribution in [0.15, 0.2) is 42.9 Å². The van der Waals surface area contributed by atoms with E-state index in [4.69, 9.17) is 5.73 Å². The highest BCUT2D eigenvalue weighted by molar-refractivity contribution is 5.47. The van der Waals surface area contributed by atoms with Gasteiger partial charge in [0.1, 0.15) is 6.33 Å². The van der Waals surface area contributed by atoms with Crippen molar-refractivity contribution in [3.8, 4) is 0 Å². The first-order chi connectivity index (χ1) is 8.72. The van der Waals surface area contributed by atoms with Crippen molar-refractivity contribution in [1.82, 2.24) is 14.6 Å². The van der Waals surface area contributed by atoms with Gasteiger partial charge in [-0.2, -0.15) is 5.10 Å². The Morgan fingerprint density at radius 3 is 2.94 bits per heavy atom. The number of aromatic nitrogens is 3. The standard InChI is InChI=1S/C14H14N4/c1-10-6-13(15)3-2-12(10)7-11-4-5-18-14(8-11)16-9-17-18/h2-6,8-9H,7,15H2,1H3. The van der Waals surface area contributed by atoms with Crippen LogP contribution in [0.1, 0.15) is 16.7 Å². The zero-order valence-corrected chi connectivity index (χ0v) is 10.2. The maximum Gasteiger partial charge on any atom is 0.155 e. The Bertz CT molecular complexity index is 700. The van der Waals surface area contributed by atoms with Crippen LogP contribution in [0, 0.1) is 6.92 Å². The number of fused-ring (bicyclic) bond motifs is 1. The molecule has 2 N–H and O–H groups in total. The number of pyridine rings is 1. The second-order valence-electron chi connectivity index (χ2n) is 4.46. The quantitative estimate of drug-likeness (QED) is 0.696. The molecule has 0 amide bonds. The second kappa shape index (κ2) is 4.14. The van der Waals surface area contributed by atoms with Crippen LogP contribution in [0.5, 0.6) is 0 Å². The summed E-state index contributed by atoms with van der Waals surface area (Å²) in [5.41, 5.74) is 11.2. The fraction of sp³-hybridized carbons (Fsp3) is 0.143. The average Bonchev–Trinajstić information content (AvgIpc) is 2.80. The number of anilines is 1. The number of hydrogen-bond acceptors (Lipinski definition) is 3. The van der Waals surface area contributed by atoms with Gasteiger partial charge in [-0.1, -0.05) is 6.07 Å². The van der Waals surface area contributed by atoms with Crippen molar-refractivity contribution >= 4 is 11.3 Å². The van der Waals surface area contributed by atoms with Crippen LogP contribution in [0.25, 0.3) is 5.65 Å². The molecular weight excluding hydrogens is 224 g/mol. The van der Waals surface area contributed by atoms with Gasteiger partial charge in [-0.05, 0) is 54.3 Å². The van der Waals surface area contributed by atoms with Crippen LogP contribution in [-0.2, 0) is 6.42 Å². The van der Waals surface area contributed by atoms with Crippen molar-refractivity contribution in [3.05, 3.63) is 59.5 Å². The Hall–Kier alpha value is -2.36. The summed E-state index contributed by atoms with van der Waals surface area (Å²) in [4.78, 5) is 4.19. The molecule has 1 aromatic carbocycles. The molecule has 90 valence electrons. The molecule has 0 saturated heterocycles. The van der Waals surface area contributed by atoms with E-state index in [1.807, 2.05) is 18.3 Å². The van der Waals surface area contributed by atoms with Crippen LogP contribution in [-0.4, -0.2) is 14.6 Å². The van der Waals surface area contributed by atoms with Crippen LogP contribution < -0.4 is 5.73 Å². The predicted molar refractivity (Wildman–Crippen MR) is 71.4 cm³/mol. The van der Waals surface area contributed by atoms with Crippen molar-refractivity contribution in [2.24, 2.45) is 0 Å². The van der Waals surface area contributed by atoms with Gasteiger partial charge in [-0.25, -0.2) is 9.50 Å². The van der Waals surface area contributed by atoms with Crippen molar-refractivity contribution < 1.29 is 0 Å². The molecule has 0 atom stereocenters. The average molecular weight is 238 g/mol. The number of benzene rings is 1. The molecule has 0 unspecified atom stereocenters. The molecule has 2 aromatic heterocycles. The maximum absolute atomic E-state index is 5.76. The minimum atomic E-state index is 0.809. The summed E-state index contributed by atoms with van der Waals surface area (Å²) in [6, 6.07) is 10.2. The molecule has 0 aliphatic carbocycles. The Labute approximate surface area is 105 Å². The molecule has 0 aliphatic heterocycles. The molecule has 4 heteroatoms. The van der Waals surface area contributed by atoms with Gasteiger partial charge in [0.2, 0.25) is 0 Å². The van der Waals surface area contributed by atoms with Gasteiger partial charge < -0.3 is 5.73 Å². The zero-order chi connectivity index (χ0) is 12.5. The summed E-state index contributed by atoms with van der Waals surface area (Å²) in [6.45, 7) is 2.08. The van der Waals surface area contributed by atoms with E-state index in [-0.39, 0.29) is 0 Å². The van der Waals surface area contributed by atoms with E-state index in [1.54, 1.807) is 10.8 Å². The Morgan fingerprint density at radius 2 is 2.11 bits per heavy atom. The first-order valence-electron chi connectivity index (χ1n) is 5.85. The van der Waals surface area contributed by atoms with E-state index in [9.17, 15) is 0 Å². The minimum absolute atomic E-state index is 0.809. The third kappa shape index (κ3) is 1.93. The maximum atomic E-state index is 5.76. The van der Waals surface area contributed by atoms with Crippen molar-refractivity contribution in [1.29, 1.82) is 0 Å². The fourth-order valence-electron chi connectivity index (χ4n) is 2.10. The van der Waals surface area contributed by atoms with Crippen molar-refractivity contribution in [3.63, 3.8) is 0 Å². The molecule has 4 nitrogen and oxygen atoms in total. The summed E-state index contributed by atoms with van der Waals surface area (Å²) in [5, 5.41) is 4.09. The van der Waals surface area contributed by atoms with Gasteiger partial charge in [0.25, 0.3) is 0 Å². The monoisotopic (exact) mass is 238 g/mol. The SMILES string of the molecule is Cc1cc(N)ccc1Cc1ccn2ncnc2c1. The topological polar surface area (TPSA) is 56.2 Å². The van der Waals surface area contributed by atoms with E-state index in [2.05, 4.69) is 35.2 Å². The molecule has 2 heterocycles. The second-order valence-corrected chi connectivity index (χ2v) is 4.46. The highest BCUT2D eigenvalue weighted by Crippen LogP contribution is 2.17. The van der Waals surface area contributed by atoms with Crippen molar-refractivity contribution in [2.75, 3.05) is 5.73 Å². The predicted octanol–water partition coefficient (Wildman–Crippen LogP) is 2.21. The molecule has 0 fully saturated rings. The molecule has 0 bridgehead atoms. The van der Waals surface area contributed by atoms with Crippen molar-refractivity contribution in [2.45, 2.75) is 13.3 Å². The molecule has 3 aromatic rings. The number of nitrogen functional groups attached to an aromatic ring is 1. The summed E-state index contributed by atoms with van der Waals surface area (Å²) in [7, 11) is 0. The Kier molecular flexibility index (Phi) is 2.48. The molecule has 0 aliphatic rings. The molecule has 0 saturated carbocycles. The first kappa shape index (κ1) is 10.8. The molecule has 0 radical (unpaired) electrons. The van der Waals surface area contributed by atoms with E-state index < -0.39 is 0 Å². The van der Waals surface area contributed by atoms with Crippen LogP contribution >= 0.6 is 0 Å². The third-order valence-electron chi connectivity index (χ3n) is 3.11. The number of nitrogens with two attached hydrogens (primary N) is 1. The van der Waals surface area contributed by atoms with E-state index in [0.29, 0.717) is 0 Å². The number of rotatable bonds is 2. The fourth-order valence-corrected chi connectivity index (χ4v) is 2.10. The van der Waals surface area contributed by atoms with Crippen LogP contribution in [0.4, 0.5) is 5.69 Å². The highest BCUT2D eigenvalue weighted by Gasteiger charge is 2.03. The summed E-state index contributed by atoms with van der Waals surface area (Å²) < 4.78 is 1.76. The van der Waals surface area contributed by atoms with Gasteiger partial charge in [-0.3, -0.25) is 0 Å². The smallest absolute Gasteiger partial charge is 0.155 e. The lowest BCUT2D eigenvalue weighted by Crippen LogP contribution is -1.95. The number of aryl methyl sites for hydroxylation is 1. The number of nitrogens with zero attached hydrogens (tertiary/aromatic N) is 3. The van der Waals surface area contributed by atoms with Gasteiger partial charge in [0.15, 0.2) is 5.65 Å². The molecular formula is C14H14N4. The van der Waals surface area contributed by atoms with Crippen LogP contribution in [0.3, 0.4) is 0 Å². The minimum Gasteiger partial charge on any atom is -0.399 e. The Balaban J connectivity index is 1.95. The lowest BCUT2D eigenvalue weighted by Gasteiger charge is -2.07. The lowest BCUT2D eigenvalue weighted by atomic mass is 10.0. The highest BCUT2D eigenvalue weighted by atomic mass is 15.3.